The maximum absolute atomic E-state index is 14.1. The van der Waals surface area contributed by atoms with Gasteiger partial charge in [0.25, 0.3) is 0 Å². The van der Waals surface area contributed by atoms with Crippen molar-refractivity contribution in [1.29, 1.82) is 0 Å². The molecule has 0 aliphatic rings. The molecular weight excluding hydrogens is 306 g/mol. The van der Waals surface area contributed by atoms with Gasteiger partial charge in [0.15, 0.2) is 5.83 Å². The highest BCUT2D eigenvalue weighted by atomic mass is 19.4. The van der Waals surface area contributed by atoms with Crippen LogP contribution >= 0.6 is 0 Å². The Kier molecular flexibility index (Phi) is 4.30. The molecule has 0 aliphatic carbocycles. The van der Waals surface area contributed by atoms with Crippen LogP contribution in [0.25, 0.3) is 5.57 Å². The molecule has 0 unspecified atom stereocenters. The summed E-state index contributed by atoms with van der Waals surface area (Å²) in [6.07, 6.45) is -6.01. The van der Waals surface area contributed by atoms with E-state index in [0.29, 0.717) is 0 Å². The molecule has 6 heteroatoms. The summed E-state index contributed by atoms with van der Waals surface area (Å²) in [7, 11) is 0. The summed E-state index contributed by atoms with van der Waals surface area (Å²) < 4.78 is 78.3. The third kappa shape index (κ3) is 3.00. The van der Waals surface area contributed by atoms with Crippen LogP contribution in [0.2, 0.25) is 0 Å². The summed E-state index contributed by atoms with van der Waals surface area (Å²) >= 11 is 0. The second-order valence-corrected chi connectivity index (χ2v) is 4.49. The van der Waals surface area contributed by atoms with Gasteiger partial charge in [-0.25, -0.2) is 4.39 Å². The second kappa shape index (κ2) is 5.87. The minimum absolute atomic E-state index is 0.0601. The number of halogens is 6. The summed E-state index contributed by atoms with van der Waals surface area (Å²) in [5, 5.41) is 0. The topological polar surface area (TPSA) is 0 Å². The maximum Gasteiger partial charge on any atom is 0.460 e. The fraction of sp³-hybridized carbons (Fsp3) is 0.125. The van der Waals surface area contributed by atoms with Crippen LogP contribution in [0.15, 0.2) is 66.5 Å². The van der Waals surface area contributed by atoms with E-state index >= 15 is 0 Å². The molecule has 2 aromatic rings. The minimum atomic E-state index is -6.01. The van der Waals surface area contributed by atoms with E-state index in [1.165, 1.54) is 48.5 Å². The van der Waals surface area contributed by atoms with Crippen LogP contribution in [0.3, 0.4) is 0 Å². The fourth-order valence-corrected chi connectivity index (χ4v) is 1.91. The van der Waals surface area contributed by atoms with Crippen LogP contribution in [0.4, 0.5) is 26.3 Å². The van der Waals surface area contributed by atoms with Crippen molar-refractivity contribution in [1.82, 2.24) is 0 Å². The summed E-state index contributed by atoms with van der Waals surface area (Å²) in [6, 6.07) is 13.9. The van der Waals surface area contributed by atoms with Crippen molar-refractivity contribution in [3.8, 4) is 0 Å². The summed E-state index contributed by atoms with van der Waals surface area (Å²) in [5.74, 6) is -8.08. The second-order valence-electron chi connectivity index (χ2n) is 4.49. The van der Waals surface area contributed by atoms with E-state index in [-0.39, 0.29) is 11.1 Å². The van der Waals surface area contributed by atoms with E-state index in [1.54, 1.807) is 12.1 Å². The molecule has 116 valence electrons. The number of rotatable bonds is 3. The van der Waals surface area contributed by atoms with Gasteiger partial charge in [0, 0.05) is 5.57 Å². The number of allylic oxidation sites excluding steroid dienone is 1. The van der Waals surface area contributed by atoms with E-state index < -0.39 is 23.5 Å². The predicted molar refractivity (Wildman–Crippen MR) is 71.0 cm³/mol. The molecule has 0 aliphatic heterocycles. The van der Waals surface area contributed by atoms with Crippen molar-refractivity contribution >= 4 is 5.57 Å². The molecule has 0 spiro atoms. The summed E-state index contributed by atoms with van der Waals surface area (Å²) in [4.78, 5) is 0. The molecule has 0 fully saturated rings. The smallest absolute Gasteiger partial charge is 0.204 e. The number of hydrogen-bond acceptors (Lipinski definition) is 0. The van der Waals surface area contributed by atoms with Crippen molar-refractivity contribution in [3.63, 3.8) is 0 Å². The first-order valence-corrected chi connectivity index (χ1v) is 6.21. The molecule has 0 radical (unpaired) electrons. The first kappa shape index (κ1) is 16.1. The summed E-state index contributed by atoms with van der Waals surface area (Å²) in [6.45, 7) is 0. The zero-order chi connectivity index (χ0) is 16.4. The predicted octanol–water partition coefficient (Wildman–Crippen LogP) is 5.61. The lowest BCUT2D eigenvalue weighted by Gasteiger charge is -2.21. The van der Waals surface area contributed by atoms with Crippen LogP contribution in [-0.4, -0.2) is 12.1 Å². The van der Waals surface area contributed by atoms with Crippen LogP contribution in [0.5, 0.6) is 0 Å². The lowest BCUT2D eigenvalue weighted by molar-refractivity contribution is -0.270. The SMILES string of the molecule is FC(=C(c1ccccc1)c1ccccc1)C(F)(F)C(F)(F)F. The van der Waals surface area contributed by atoms with E-state index in [0.717, 1.165) is 0 Å². The lowest BCUT2D eigenvalue weighted by Crippen LogP contribution is -2.37. The lowest BCUT2D eigenvalue weighted by atomic mass is 9.95. The molecule has 2 rings (SSSR count). The van der Waals surface area contributed by atoms with Crippen molar-refractivity contribution < 1.29 is 26.3 Å². The van der Waals surface area contributed by atoms with E-state index in [2.05, 4.69) is 0 Å². The molecule has 0 heterocycles. The highest BCUT2D eigenvalue weighted by molar-refractivity contribution is 5.82. The van der Waals surface area contributed by atoms with Gasteiger partial charge in [-0.1, -0.05) is 60.7 Å². The standard InChI is InChI=1S/C16H10F6/c17-14(15(18,19)16(20,21)22)13(11-7-3-1-4-8-11)12-9-5-2-6-10-12/h1-10H. The Labute approximate surface area is 122 Å². The highest BCUT2D eigenvalue weighted by Crippen LogP contribution is 2.45. The normalized spacial score (nSPS) is 12.1. The van der Waals surface area contributed by atoms with Crippen LogP contribution < -0.4 is 0 Å². The number of alkyl halides is 5. The molecular formula is C16H10F6. The number of hydrogen-bond donors (Lipinski definition) is 0. The van der Waals surface area contributed by atoms with Gasteiger partial charge in [-0.05, 0) is 11.1 Å². The molecule has 0 saturated carbocycles. The molecule has 0 aromatic heterocycles. The Morgan fingerprint density at radius 3 is 1.32 bits per heavy atom. The monoisotopic (exact) mass is 316 g/mol. The van der Waals surface area contributed by atoms with Gasteiger partial charge in [-0.2, -0.15) is 22.0 Å². The minimum Gasteiger partial charge on any atom is -0.204 e. The Hall–Kier alpha value is -2.24. The van der Waals surface area contributed by atoms with E-state index in [9.17, 15) is 26.3 Å². The Bertz CT molecular complexity index is 615. The van der Waals surface area contributed by atoms with Gasteiger partial charge < -0.3 is 0 Å². The molecule has 0 bridgehead atoms. The van der Waals surface area contributed by atoms with E-state index in [4.69, 9.17) is 0 Å². The third-order valence-electron chi connectivity index (χ3n) is 2.98. The first-order chi connectivity index (χ1) is 10.2. The number of benzene rings is 2. The van der Waals surface area contributed by atoms with Gasteiger partial charge in [-0.15, -0.1) is 0 Å². The molecule has 0 N–H and O–H groups in total. The molecule has 22 heavy (non-hydrogen) atoms. The quantitative estimate of drug-likeness (QED) is 0.645. The first-order valence-electron chi connectivity index (χ1n) is 6.21. The molecule has 0 nitrogen and oxygen atoms in total. The van der Waals surface area contributed by atoms with Crippen molar-refractivity contribution in [2.45, 2.75) is 12.1 Å². The molecule has 2 aromatic carbocycles. The van der Waals surface area contributed by atoms with Gasteiger partial charge in [0.05, 0.1) is 0 Å². The van der Waals surface area contributed by atoms with E-state index in [1.807, 2.05) is 0 Å². The van der Waals surface area contributed by atoms with Gasteiger partial charge in [-0.3, -0.25) is 0 Å². The largest absolute Gasteiger partial charge is 0.460 e. The molecule has 0 amide bonds. The Morgan fingerprint density at radius 2 is 1.00 bits per heavy atom. The average Bonchev–Trinajstić information content (AvgIpc) is 2.48. The van der Waals surface area contributed by atoms with Gasteiger partial charge >= 0.3 is 12.1 Å². The summed E-state index contributed by atoms with van der Waals surface area (Å²) in [5.41, 5.74) is -0.895. The highest BCUT2D eigenvalue weighted by Gasteiger charge is 2.62. The van der Waals surface area contributed by atoms with Gasteiger partial charge in [0.1, 0.15) is 0 Å². The van der Waals surface area contributed by atoms with Crippen molar-refractivity contribution in [2.24, 2.45) is 0 Å². The average molecular weight is 316 g/mol. The Morgan fingerprint density at radius 1 is 0.636 bits per heavy atom. The fourth-order valence-electron chi connectivity index (χ4n) is 1.91. The zero-order valence-electron chi connectivity index (χ0n) is 11.0. The van der Waals surface area contributed by atoms with Crippen LogP contribution in [0.1, 0.15) is 11.1 Å². The maximum atomic E-state index is 14.1. The van der Waals surface area contributed by atoms with Crippen molar-refractivity contribution in [3.05, 3.63) is 77.6 Å². The van der Waals surface area contributed by atoms with Crippen LogP contribution in [-0.2, 0) is 0 Å². The molecule has 0 saturated heterocycles. The third-order valence-corrected chi connectivity index (χ3v) is 2.98. The van der Waals surface area contributed by atoms with Gasteiger partial charge in [0.2, 0.25) is 0 Å². The zero-order valence-corrected chi connectivity index (χ0v) is 11.0. The molecule has 0 atom stereocenters. The van der Waals surface area contributed by atoms with Crippen molar-refractivity contribution in [2.75, 3.05) is 0 Å². The van der Waals surface area contributed by atoms with Crippen LogP contribution in [0, 0.1) is 0 Å². The Balaban J connectivity index is 2.72.